The molecule has 0 radical (unpaired) electrons. The van der Waals surface area contributed by atoms with Crippen LogP contribution in [0.15, 0.2) is 0 Å². The van der Waals surface area contributed by atoms with Crippen LogP contribution >= 0.6 is 0 Å². The van der Waals surface area contributed by atoms with Gasteiger partial charge in [0.25, 0.3) is 0 Å². The minimum absolute atomic E-state index is 0.0343. The van der Waals surface area contributed by atoms with Gasteiger partial charge in [0.1, 0.15) is 0 Å². The molecule has 0 spiro atoms. The molecule has 0 heterocycles. The molecule has 0 bridgehead atoms. The molecule has 18 heavy (non-hydrogen) atoms. The van der Waals surface area contributed by atoms with Gasteiger partial charge in [0.15, 0.2) is 0 Å². The molecule has 1 N–H and O–H groups in total. The monoisotopic (exact) mass is 254 g/mol. The highest BCUT2D eigenvalue weighted by Crippen LogP contribution is 2.22. The largest absolute Gasteiger partial charge is 0.354 e. The van der Waals surface area contributed by atoms with Crippen molar-refractivity contribution in [2.24, 2.45) is 0 Å². The van der Waals surface area contributed by atoms with Gasteiger partial charge in [0.2, 0.25) is 11.8 Å². The standard InChI is InChI=1S/C14H26N2O2/c1-11(2)15-14(18)9-10-16(12(3)17)13-7-5-4-6-8-13/h11,13H,4-10H2,1-3H3,(H,15,18). The summed E-state index contributed by atoms with van der Waals surface area (Å²) in [5, 5.41) is 2.86. The molecular formula is C14H26N2O2. The average molecular weight is 254 g/mol. The van der Waals surface area contributed by atoms with Gasteiger partial charge in [-0.2, -0.15) is 0 Å². The zero-order valence-corrected chi connectivity index (χ0v) is 11.9. The molecule has 0 unspecified atom stereocenters. The fraction of sp³-hybridized carbons (Fsp3) is 0.857. The Morgan fingerprint density at radius 2 is 1.83 bits per heavy atom. The Hall–Kier alpha value is -1.06. The lowest BCUT2D eigenvalue weighted by molar-refractivity contribution is -0.132. The van der Waals surface area contributed by atoms with Crippen molar-refractivity contribution in [3.63, 3.8) is 0 Å². The molecule has 0 aromatic rings. The molecule has 1 saturated carbocycles. The van der Waals surface area contributed by atoms with Crippen molar-refractivity contribution in [2.75, 3.05) is 6.54 Å². The van der Waals surface area contributed by atoms with Crippen LogP contribution in [0.4, 0.5) is 0 Å². The van der Waals surface area contributed by atoms with Crippen LogP contribution in [0, 0.1) is 0 Å². The Labute approximate surface area is 110 Å². The van der Waals surface area contributed by atoms with E-state index in [9.17, 15) is 9.59 Å². The van der Waals surface area contributed by atoms with E-state index in [1.807, 2.05) is 18.7 Å². The molecule has 1 aliphatic rings. The van der Waals surface area contributed by atoms with Crippen molar-refractivity contribution in [1.82, 2.24) is 10.2 Å². The van der Waals surface area contributed by atoms with Crippen molar-refractivity contribution in [3.05, 3.63) is 0 Å². The van der Waals surface area contributed by atoms with Gasteiger partial charge < -0.3 is 10.2 Å². The van der Waals surface area contributed by atoms with Gasteiger partial charge in [0, 0.05) is 32.0 Å². The first-order chi connectivity index (χ1) is 8.50. The molecular weight excluding hydrogens is 228 g/mol. The number of carbonyl (C=O) groups is 2. The van der Waals surface area contributed by atoms with E-state index in [1.165, 1.54) is 19.3 Å². The molecule has 4 heteroatoms. The number of carbonyl (C=O) groups excluding carboxylic acids is 2. The fourth-order valence-electron chi connectivity index (χ4n) is 2.61. The van der Waals surface area contributed by atoms with Crippen LogP contribution in [0.5, 0.6) is 0 Å². The lowest BCUT2D eigenvalue weighted by Crippen LogP contribution is -2.42. The van der Waals surface area contributed by atoms with Gasteiger partial charge in [-0.3, -0.25) is 9.59 Å². The molecule has 4 nitrogen and oxygen atoms in total. The van der Waals surface area contributed by atoms with E-state index < -0.39 is 0 Å². The van der Waals surface area contributed by atoms with Gasteiger partial charge in [-0.1, -0.05) is 19.3 Å². The maximum Gasteiger partial charge on any atom is 0.221 e. The summed E-state index contributed by atoms with van der Waals surface area (Å²) in [6.07, 6.45) is 6.26. The van der Waals surface area contributed by atoms with Crippen LogP contribution in [0.2, 0.25) is 0 Å². The van der Waals surface area contributed by atoms with Crippen molar-refractivity contribution >= 4 is 11.8 Å². The van der Waals surface area contributed by atoms with E-state index in [1.54, 1.807) is 6.92 Å². The SMILES string of the molecule is CC(=O)N(CCC(=O)NC(C)C)C1CCCCC1. The van der Waals surface area contributed by atoms with Crippen LogP contribution < -0.4 is 5.32 Å². The second-order valence-corrected chi connectivity index (χ2v) is 5.48. The summed E-state index contributed by atoms with van der Waals surface area (Å²) in [6, 6.07) is 0.515. The van der Waals surface area contributed by atoms with Gasteiger partial charge in [0.05, 0.1) is 0 Å². The average Bonchev–Trinajstić information content (AvgIpc) is 2.29. The van der Waals surface area contributed by atoms with Crippen LogP contribution in [-0.4, -0.2) is 35.3 Å². The third-order valence-electron chi connectivity index (χ3n) is 3.45. The normalized spacial score (nSPS) is 16.7. The lowest BCUT2D eigenvalue weighted by atomic mass is 9.94. The third kappa shape index (κ3) is 5.07. The molecule has 0 aliphatic heterocycles. The van der Waals surface area contributed by atoms with E-state index >= 15 is 0 Å². The molecule has 0 atom stereocenters. The fourth-order valence-corrected chi connectivity index (χ4v) is 2.61. The molecule has 2 amide bonds. The molecule has 0 aromatic heterocycles. The summed E-state index contributed by atoms with van der Waals surface area (Å²) in [7, 11) is 0. The minimum atomic E-state index is 0.0343. The molecule has 1 aliphatic carbocycles. The van der Waals surface area contributed by atoms with E-state index in [0.717, 1.165) is 12.8 Å². The van der Waals surface area contributed by atoms with Crippen LogP contribution in [0.1, 0.15) is 59.3 Å². The first kappa shape index (κ1) is 15.0. The van der Waals surface area contributed by atoms with Crippen molar-refractivity contribution in [2.45, 2.75) is 71.4 Å². The number of nitrogens with zero attached hydrogens (tertiary/aromatic N) is 1. The van der Waals surface area contributed by atoms with Crippen molar-refractivity contribution < 1.29 is 9.59 Å². The van der Waals surface area contributed by atoms with E-state index in [4.69, 9.17) is 0 Å². The quantitative estimate of drug-likeness (QED) is 0.816. The molecule has 0 saturated heterocycles. The smallest absolute Gasteiger partial charge is 0.221 e. The first-order valence-electron chi connectivity index (χ1n) is 7.07. The summed E-state index contributed by atoms with van der Waals surface area (Å²) in [5.41, 5.74) is 0. The number of hydrogen-bond donors (Lipinski definition) is 1. The number of nitrogens with one attached hydrogen (secondary N) is 1. The van der Waals surface area contributed by atoms with E-state index in [2.05, 4.69) is 5.32 Å². The number of rotatable bonds is 5. The predicted octanol–water partition coefficient (Wildman–Crippen LogP) is 2.08. The molecule has 0 aromatic carbocycles. The third-order valence-corrected chi connectivity index (χ3v) is 3.45. The molecule has 104 valence electrons. The first-order valence-corrected chi connectivity index (χ1v) is 7.07. The Morgan fingerprint density at radius 3 is 2.33 bits per heavy atom. The second-order valence-electron chi connectivity index (χ2n) is 5.48. The predicted molar refractivity (Wildman–Crippen MR) is 72.2 cm³/mol. The maximum atomic E-state index is 11.7. The summed E-state index contributed by atoms with van der Waals surface area (Å²) in [4.78, 5) is 25.2. The van der Waals surface area contributed by atoms with Gasteiger partial charge >= 0.3 is 0 Å². The van der Waals surface area contributed by atoms with Crippen molar-refractivity contribution in [1.29, 1.82) is 0 Å². The zero-order valence-electron chi connectivity index (χ0n) is 11.9. The topological polar surface area (TPSA) is 49.4 Å². The van der Waals surface area contributed by atoms with E-state index in [-0.39, 0.29) is 17.9 Å². The summed E-state index contributed by atoms with van der Waals surface area (Å²) >= 11 is 0. The summed E-state index contributed by atoms with van der Waals surface area (Å²) < 4.78 is 0. The minimum Gasteiger partial charge on any atom is -0.354 e. The Morgan fingerprint density at radius 1 is 1.22 bits per heavy atom. The Bertz CT molecular complexity index is 284. The van der Waals surface area contributed by atoms with Crippen LogP contribution in [0.25, 0.3) is 0 Å². The lowest BCUT2D eigenvalue weighted by Gasteiger charge is -2.33. The highest BCUT2D eigenvalue weighted by atomic mass is 16.2. The van der Waals surface area contributed by atoms with Gasteiger partial charge in [-0.05, 0) is 26.7 Å². The van der Waals surface area contributed by atoms with Crippen LogP contribution in [-0.2, 0) is 9.59 Å². The Kier molecular flexibility index (Phi) is 6.16. The van der Waals surface area contributed by atoms with Gasteiger partial charge in [-0.15, -0.1) is 0 Å². The highest BCUT2D eigenvalue weighted by molar-refractivity contribution is 5.78. The molecule has 1 rings (SSSR count). The highest BCUT2D eigenvalue weighted by Gasteiger charge is 2.23. The summed E-state index contributed by atoms with van der Waals surface area (Å²) in [6.45, 7) is 6.05. The number of amides is 2. The van der Waals surface area contributed by atoms with E-state index in [0.29, 0.717) is 19.0 Å². The summed E-state index contributed by atoms with van der Waals surface area (Å²) in [5.74, 6) is 0.131. The molecule has 1 fully saturated rings. The number of hydrogen-bond acceptors (Lipinski definition) is 2. The Balaban J connectivity index is 2.42. The van der Waals surface area contributed by atoms with Crippen molar-refractivity contribution in [3.8, 4) is 0 Å². The second kappa shape index (κ2) is 7.39. The zero-order chi connectivity index (χ0) is 13.5. The maximum absolute atomic E-state index is 11.7. The van der Waals surface area contributed by atoms with Crippen LogP contribution in [0.3, 0.4) is 0 Å². The van der Waals surface area contributed by atoms with Gasteiger partial charge in [-0.25, -0.2) is 0 Å².